The standard InChI is InChI=1S/C12H12ClNO3/c1-7(15)9(12(16)17)5-8-3-4-11(14-2)10(13)6-8/h3-4,6-7,9,15H,5H2,1H3,(H,16,17)/t7-,9+/m0/s1. The molecule has 1 rings (SSSR count). The Balaban J connectivity index is 2.92. The predicted octanol–water partition coefficient (Wildman–Crippen LogP) is 2.51. The Morgan fingerprint density at radius 2 is 2.24 bits per heavy atom. The van der Waals surface area contributed by atoms with Crippen molar-refractivity contribution in [3.8, 4) is 0 Å². The summed E-state index contributed by atoms with van der Waals surface area (Å²) in [4.78, 5) is 14.1. The highest BCUT2D eigenvalue weighted by atomic mass is 35.5. The molecule has 0 aliphatic heterocycles. The van der Waals surface area contributed by atoms with Crippen molar-refractivity contribution in [2.24, 2.45) is 5.92 Å². The number of carbonyl (C=O) groups is 1. The van der Waals surface area contributed by atoms with Gasteiger partial charge in [0, 0.05) is 5.02 Å². The van der Waals surface area contributed by atoms with E-state index < -0.39 is 18.0 Å². The fraction of sp³-hybridized carbons (Fsp3) is 0.333. The number of rotatable bonds is 4. The smallest absolute Gasteiger partial charge is 0.309 e. The molecule has 0 radical (unpaired) electrons. The number of aliphatic carboxylic acids is 1. The van der Waals surface area contributed by atoms with Crippen molar-refractivity contribution in [1.82, 2.24) is 0 Å². The lowest BCUT2D eigenvalue weighted by molar-refractivity contribution is -0.145. The van der Waals surface area contributed by atoms with Gasteiger partial charge >= 0.3 is 5.97 Å². The molecule has 0 bridgehead atoms. The van der Waals surface area contributed by atoms with Crippen LogP contribution in [0.3, 0.4) is 0 Å². The second kappa shape index (κ2) is 5.67. The average molecular weight is 254 g/mol. The zero-order valence-corrected chi connectivity index (χ0v) is 9.98. The van der Waals surface area contributed by atoms with Gasteiger partial charge < -0.3 is 10.2 Å². The minimum absolute atomic E-state index is 0.186. The Hall–Kier alpha value is -1.57. The van der Waals surface area contributed by atoms with Gasteiger partial charge in [-0.1, -0.05) is 29.8 Å². The van der Waals surface area contributed by atoms with Gasteiger partial charge in [-0.05, 0) is 18.9 Å². The molecule has 2 N–H and O–H groups in total. The van der Waals surface area contributed by atoms with Gasteiger partial charge in [-0.3, -0.25) is 4.79 Å². The van der Waals surface area contributed by atoms with Crippen molar-refractivity contribution in [2.75, 3.05) is 0 Å². The maximum absolute atomic E-state index is 10.9. The first-order valence-electron chi connectivity index (χ1n) is 5.02. The van der Waals surface area contributed by atoms with Crippen molar-refractivity contribution in [1.29, 1.82) is 0 Å². The summed E-state index contributed by atoms with van der Waals surface area (Å²) in [6.07, 6.45) is -0.753. The summed E-state index contributed by atoms with van der Waals surface area (Å²) in [6, 6.07) is 4.76. The Kier molecular flexibility index (Phi) is 4.50. The minimum Gasteiger partial charge on any atom is -0.481 e. The number of carboxylic acid groups (broad SMARTS) is 1. The Morgan fingerprint density at radius 3 is 2.65 bits per heavy atom. The van der Waals surface area contributed by atoms with Crippen LogP contribution in [0.15, 0.2) is 18.2 Å². The van der Waals surface area contributed by atoms with Crippen LogP contribution >= 0.6 is 11.6 Å². The fourth-order valence-corrected chi connectivity index (χ4v) is 1.73. The van der Waals surface area contributed by atoms with Gasteiger partial charge in [-0.2, -0.15) is 0 Å². The molecule has 0 aliphatic rings. The third-order valence-electron chi connectivity index (χ3n) is 2.49. The summed E-state index contributed by atoms with van der Waals surface area (Å²) < 4.78 is 0. The van der Waals surface area contributed by atoms with Crippen LogP contribution in [0.2, 0.25) is 5.02 Å². The maximum atomic E-state index is 10.9. The Labute approximate surface area is 104 Å². The van der Waals surface area contributed by atoms with Gasteiger partial charge in [-0.15, -0.1) is 0 Å². The second-order valence-electron chi connectivity index (χ2n) is 3.79. The number of benzene rings is 1. The molecular weight excluding hydrogens is 242 g/mol. The summed E-state index contributed by atoms with van der Waals surface area (Å²) in [7, 11) is 0. The lowest BCUT2D eigenvalue weighted by Crippen LogP contribution is -2.27. The monoisotopic (exact) mass is 253 g/mol. The molecule has 5 heteroatoms. The SMILES string of the molecule is [C-]#[N+]c1ccc(C[C@@H](C(=O)O)[C@H](C)O)cc1Cl. The average Bonchev–Trinajstić information content (AvgIpc) is 2.25. The molecule has 1 aromatic rings. The van der Waals surface area contributed by atoms with E-state index in [2.05, 4.69) is 4.85 Å². The number of hydrogen-bond acceptors (Lipinski definition) is 2. The molecule has 0 saturated heterocycles. The van der Waals surface area contributed by atoms with E-state index in [1.165, 1.54) is 6.92 Å². The molecule has 0 saturated carbocycles. The second-order valence-corrected chi connectivity index (χ2v) is 4.19. The third kappa shape index (κ3) is 3.45. The van der Waals surface area contributed by atoms with Crippen molar-refractivity contribution >= 4 is 23.3 Å². The van der Waals surface area contributed by atoms with E-state index in [4.69, 9.17) is 23.3 Å². The van der Waals surface area contributed by atoms with E-state index in [1.807, 2.05) is 0 Å². The predicted molar refractivity (Wildman–Crippen MR) is 64.2 cm³/mol. The van der Waals surface area contributed by atoms with Crippen molar-refractivity contribution in [3.63, 3.8) is 0 Å². The lowest BCUT2D eigenvalue weighted by atomic mass is 9.95. The zero-order chi connectivity index (χ0) is 13.0. The molecule has 17 heavy (non-hydrogen) atoms. The molecule has 1 aromatic carbocycles. The van der Waals surface area contributed by atoms with Crippen LogP contribution in [-0.4, -0.2) is 22.3 Å². The number of aliphatic hydroxyl groups excluding tert-OH is 1. The van der Waals surface area contributed by atoms with Crippen LogP contribution in [0.1, 0.15) is 12.5 Å². The zero-order valence-electron chi connectivity index (χ0n) is 9.22. The summed E-state index contributed by atoms with van der Waals surface area (Å²) in [5, 5.41) is 18.6. The fourth-order valence-electron chi connectivity index (χ4n) is 1.49. The number of halogens is 1. The van der Waals surface area contributed by atoms with E-state index in [0.717, 1.165) is 0 Å². The summed E-state index contributed by atoms with van der Waals surface area (Å²) in [5.41, 5.74) is 1.02. The van der Waals surface area contributed by atoms with Crippen LogP contribution in [-0.2, 0) is 11.2 Å². The molecular formula is C12H12ClNO3. The normalized spacial score (nSPS) is 13.8. The first kappa shape index (κ1) is 13.5. The highest BCUT2D eigenvalue weighted by Gasteiger charge is 2.23. The minimum atomic E-state index is -1.05. The van der Waals surface area contributed by atoms with Gasteiger partial charge in [0.2, 0.25) is 5.69 Å². The van der Waals surface area contributed by atoms with Gasteiger partial charge in [0.15, 0.2) is 0 Å². The molecule has 0 heterocycles. The van der Waals surface area contributed by atoms with E-state index in [-0.39, 0.29) is 6.42 Å². The highest BCUT2D eigenvalue weighted by molar-refractivity contribution is 6.33. The summed E-state index contributed by atoms with van der Waals surface area (Å²) in [6.45, 7) is 8.28. The van der Waals surface area contributed by atoms with Crippen LogP contribution in [0.5, 0.6) is 0 Å². The first-order chi connectivity index (χ1) is 7.95. The van der Waals surface area contributed by atoms with E-state index in [0.29, 0.717) is 16.3 Å². The molecule has 0 aliphatic carbocycles. The van der Waals surface area contributed by atoms with E-state index >= 15 is 0 Å². The quantitative estimate of drug-likeness (QED) is 0.811. The van der Waals surface area contributed by atoms with Crippen molar-refractivity contribution in [3.05, 3.63) is 40.2 Å². The molecule has 0 aromatic heterocycles. The van der Waals surface area contributed by atoms with Crippen LogP contribution in [0.25, 0.3) is 4.85 Å². The summed E-state index contributed by atoms with van der Waals surface area (Å²) in [5.74, 6) is -1.92. The molecule has 2 atom stereocenters. The topological polar surface area (TPSA) is 61.9 Å². The maximum Gasteiger partial charge on any atom is 0.309 e. The van der Waals surface area contributed by atoms with Crippen LogP contribution in [0.4, 0.5) is 5.69 Å². The molecule has 0 amide bonds. The lowest BCUT2D eigenvalue weighted by Gasteiger charge is -2.15. The van der Waals surface area contributed by atoms with Gasteiger partial charge in [0.1, 0.15) is 0 Å². The van der Waals surface area contributed by atoms with Crippen LogP contribution < -0.4 is 0 Å². The van der Waals surface area contributed by atoms with Crippen LogP contribution in [0, 0.1) is 12.5 Å². The Morgan fingerprint density at radius 1 is 1.59 bits per heavy atom. The number of aliphatic hydroxyl groups is 1. The molecule has 0 spiro atoms. The number of carboxylic acids is 1. The molecule has 0 unspecified atom stereocenters. The highest BCUT2D eigenvalue weighted by Crippen LogP contribution is 2.27. The van der Waals surface area contributed by atoms with E-state index in [9.17, 15) is 9.90 Å². The largest absolute Gasteiger partial charge is 0.481 e. The van der Waals surface area contributed by atoms with Gasteiger partial charge in [0.05, 0.1) is 18.6 Å². The van der Waals surface area contributed by atoms with E-state index in [1.54, 1.807) is 18.2 Å². The Bertz CT molecular complexity index is 465. The third-order valence-corrected chi connectivity index (χ3v) is 2.79. The first-order valence-corrected chi connectivity index (χ1v) is 5.40. The van der Waals surface area contributed by atoms with Crippen molar-refractivity contribution in [2.45, 2.75) is 19.4 Å². The summed E-state index contributed by atoms with van der Waals surface area (Å²) >= 11 is 5.85. The number of hydrogen-bond donors (Lipinski definition) is 2. The molecule has 90 valence electrons. The van der Waals surface area contributed by atoms with Crippen molar-refractivity contribution < 1.29 is 15.0 Å². The van der Waals surface area contributed by atoms with Gasteiger partial charge in [0.25, 0.3) is 0 Å². The molecule has 4 nitrogen and oxygen atoms in total. The number of nitrogens with zero attached hydrogens (tertiary/aromatic N) is 1. The molecule has 0 fully saturated rings. The van der Waals surface area contributed by atoms with Gasteiger partial charge in [-0.25, -0.2) is 4.85 Å².